The minimum Gasteiger partial charge on any atom is -0.268 e. The Balaban J connectivity index is 1.72. The lowest BCUT2D eigenvalue weighted by molar-refractivity contribution is 0.0925. The lowest BCUT2D eigenvalue weighted by atomic mass is 10.1. The van der Waals surface area contributed by atoms with Crippen LogP contribution in [0.2, 0.25) is 0 Å². The molecule has 0 spiro atoms. The van der Waals surface area contributed by atoms with Gasteiger partial charge in [0.05, 0.1) is 16.8 Å². The van der Waals surface area contributed by atoms with Crippen molar-refractivity contribution in [2.24, 2.45) is 0 Å². The molecular weight excluding hydrogens is 375 g/mol. The zero-order valence-corrected chi connectivity index (χ0v) is 16.2. The molecule has 0 fully saturated rings. The molecule has 0 atom stereocenters. The Morgan fingerprint density at radius 1 is 1.00 bits per heavy atom. The van der Waals surface area contributed by atoms with Crippen LogP contribution in [-0.2, 0) is 5.75 Å². The number of benzene rings is 2. The molecule has 0 radical (unpaired) electrons. The van der Waals surface area contributed by atoms with Gasteiger partial charge in [-0.3, -0.25) is 9.59 Å². The summed E-state index contributed by atoms with van der Waals surface area (Å²) in [5, 5.41) is 0.451. The zero-order valence-electron chi connectivity index (χ0n) is 15.4. The first-order chi connectivity index (χ1) is 13.5. The fourth-order valence-electron chi connectivity index (χ4n) is 3.21. The van der Waals surface area contributed by atoms with Crippen LogP contribution in [0.3, 0.4) is 0 Å². The predicted octanol–water partition coefficient (Wildman–Crippen LogP) is 4.93. The molecule has 2 heterocycles. The number of thioether (sulfide) groups is 1. The number of imide groups is 1. The van der Waals surface area contributed by atoms with E-state index in [9.17, 15) is 14.0 Å². The van der Waals surface area contributed by atoms with Crippen LogP contribution in [0.5, 0.6) is 0 Å². The van der Waals surface area contributed by atoms with Crippen molar-refractivity contribution in [3.05, 3.63) is 88.4 Å². The van der Waals surface area contributed by atoms with Gasteiger partial charge in [-0.2, -0.15) is 0 Å². The summed E-state index contributed by atoms with van der Waals surface area (Å²) in [7, 11) is 0. The number of pyridine rings is 1. The lowest BCUT2D eigenvalue weighted by Crippen LogP contribution is -2.29. The second-order valence-corrected chi connectivity index (χ2v) is 7.62. The number of rotatable bonds is 4. The number of amides is 2. The van der Waals surface area contributed by atoms with E-state index < -0.39 is 5.91 Å². The monoisotopic (exact) mass is 392 g/mol. The van der Waals surface area contributed by atoms with Gasteiger partial charge in [0, 0.05) is 11.4 Å². The number of anilines is 1. The molecule has 2 aromatic carbocycles. The first-order valence-corrected chi connectivity index (χ1v) is 9.77. The fourth-order valence-corrected chi connectivity index (χ4v) is 4.29. The standard InChI is InChI=1S/C22H17FN2O2S/c1-13-6-5-8-16(10-13)25-21(26)17-11-14(2)24-20(19(17)22(25)27)28-12-15-7-3-4-9-18(15)23/h3-11H,12H2,1-2H3. The molecule has 2 amide bonds. The molecule has 0 N–H and O–H groups in total. The molecule has 1 aromatic heterocycles. The van der Waals surface area contributed by atoms with Crippen molar-refractivity contribution in [3.63, 3.8) is 0 Å². The Morgan fingerprint density at radius 3 is 2.54 bits per heavy atom. The normalized spacial score (nSPS) is 13.2. The zero-order chi connectivity index (χ0) is 19.8. The number of aromatic nitrogens is 1. The summed E-state index contributed by atoms with van der Waals surface area (Å²) >= 11 is 1.26. The topological polar surface area (TPSA) is 50.3 Å². The number of fused-ring (bicyclic) bond motifs is 1. The van der Waals surface area contributed by atoms with Crippen LogP contribution in [0.15, 0.2) is 59.6 Å². The Morgan fingerprint density at radius 2 is 1.79 bits per heavy atom. The maximum atomic E-state index is 13.9. The van der Waals surface area contributed by atoms with Gasteiger partial charge < -0.3 is 0 Å². The van der Waals surface area contributed by atoms with Gasteiger partial charge in [0.2, 0.25) is 0 Å². The Bertz CT molecular complexity index is 1110. The highest BCUT2D eigenvalue weighted by atomic mass is 32.2. The van der Waals surface area contributed by atoms with E-state index >= 15 is 0 Å². The maximum absolute atomic E-state index is 13.9. The molecule has 0 aliphatic carbocycles. The van der Waals surface area contributed by atoms with Gasteiger partial charge in [-0.05, 0) is 49.2 Å². The van der Waals surface area contributed by atoms with Crippen molar-refractivity contribution in [1.29, 1.82) is 0 Å². The van der Waals surface area contributed by atoms with E-state index in [-0.39, 0.29) is 11.7 Å². The molecule has 4 rings (SSSR count). The molecule has 0 saturated heterocycles. The molecule has 0 unspecified atom stereocenters. The van der Waals surface area contributed by atoms with Gasteiger partial charge in [-0.15, -0.1) is 11.8 Å². The van der Waals surface area contributed by atoms with Crippen molar-refractivity contribution in [1.82, 2.24) is 4.98 Å². The molecule has 28 heavy (non-hydrogen) atoms. The molecule has 3 aromatic rings. The quantitative estimate of drug-likeness (QED) is 0.467. The van der Waals surface area contributed by atoms with Crippen LogP contribution in [0, 0.1) is 19.7 Å². The van der Waals surface area contributed by atoms with E-state index in [4.69, 9.17) is 0 Å². The minimum atomic E-state index is -0.394. The van der Waals surface area contributed by atoms with Gasteiger partial charge in [-0.1, -0.05) is 30.3 Å². The molecule has 1 aliphatic heterocycles. The van der Waals surface area contributed by atoms with Crippen LogP contribution in [-0.4, -0.2) is 16.8 Å². The summed E-state index contributed by atoms with van der Waals surface area (Å²) in [5.74, 6) is -0.734. The summed E-state index contributed by atoms with van der Waals surface area (Å²) in [5.41, 5.74) is 3.29. The largest absolute Gasteiger partial charge is 0.268 e. The Kier molecular flexibility index (Phi) is 4.73. The molecule has 1 aliphatic rings. The van der Waals surface area contributed by atoms with E-state index in [1.165, 1.54) is 22.7 Å². The molecule has 4 nitrogen and oxygen atoms in total. The predicted molar refractivity (Wildman–Crippen MR) is 107 cm³/mol. The van der Waals surface area contributed by atoms with E-state index in [0.717, 1.165) is 5.56 Å². The Hall–Kier alpha value is -2.99. The van der Waals surface area contributed by atoms with Crippen molar-refractivity contribution in [3.8, 4) is 0 Å². The Labute approximate surface area is 166 Å². The first-order valence-electron chi connectivity index (χ1n) is 8.79. The van der Waals surface area contributed by atoms with Crippen LogP contribution in [0.1, 0.15) is 37.5 Å². The third-order valence-corrected chi connectivity index (χ3v) is 5.57. The number of aryl methyl sites for hydroxylation is 2. The van der Waals surface area contributed by atoms with Crippen molar-refractivity contribution < 1.29 is 14.0 Å². The van der Waals surface area contributed by atoms with E-state index in [1.54, 1.807) is 43.3 Å². The van der Waals surface area contributed by atoms with Gasteiger partial charge in [0.15, 0.2) is 0 Å². The SMILES string of the molecule is Cc1cccc(N2C(=O)c3cc(C)nc(SCc4ccccc4F)c3C2=O)c1. The van der Waals surface area contributed by atoms with E-state index in [0.29, 0.717) is 38.9 Å². The van der Waals surface area contributed by atoms with E-state index in [2.05, 4.69) is 4.98 Å². The van der Waals surface area contributed by atoms with Crippen molar-refractivity contribution in [2.75, 3.05) is 4.90 Å². The van der Waals surface area contributed by atoms with Gasteiger partial charge in [0.25, 0.3) is 11.8 Å². The molecule has 0 saturated carbocycles. The molecule has 6 heteroatoms. The molecule has 0 bridgehead atoms. The second kappa shape index (κ2) is 7.20. The van der Waals surface area contributed by atoms with Crippen molar-refractivity contribution >= 4 is 29.3 Å². The highest BCUT2D eigenvalue weighted by Crippen LogP contribution is 2.35. The number of carbonyl (C=O) groups is 2. The highest BCUT2D eigenvalue weighted by molar-refractivity contribution is 7.98. The van der Waals surface area contributed by atoms with Crippen LogP contribution < -0.4 is 4.90 Å². The average Bonchev–Trinajstić information content (AvgIpc) is 2.91. The summed E-state index contributed by atoms with van der Waals surface area (Å²) in [6, 6.07) is 15.4. The number of carbonyl (C=O) groups excluding carboxylic acids is 2. The molecule has 140 valence electrons. The van der Waals surface area contributed by atoms with Gasteiger partial charge in [-0.25, -0.2) is 14.3 Å². The lowest BCUT2D eigenvalue weighted by Gasteiger charge is -2.14. The van der Waals surface area contributed by atoms with Crippen LogP contribution in [0.4, 0.5) is 10.1 Å². The van der Waals surface area contributed by atoms with Gasteiger partial charge >= 0.3 is 0 Å². The number of hydrogen-bond acceptors (Lipinski definition) is 4. The fraction of sp³-hybridized carbons (Fsp3) is 0.136. The summed E-state index contributed by atoms with van der Waals surface area (Å²) in [6.45, 7) is 3.68. The third kappa shape index (κ3) is 3.20. The highest BCUT2D eigenvalue weighted by Gasteiger charge is 2.39. The smallest absolute Gasteiger partial charge is 0.268 e. The van der Waals surface area contributed by atoms with Crippen LogP contribution >= 0.6 is 11.8 Å². The molecular formula is C22H17FN2O2S. The summed E-state index contributed by atoms with van der Waals surface area (Å²) in [4.78, 5) is 31.7. The van der Waals surface area contributed by atoms with Crippen molar-refractivity contribution in [2.45, 2.75) is 24.6 Å². The summed E-state index contributed by atoms with van der Waals surface area (Å²) in [6.07, 6.45) is 0. The maximum Gasteiger partial charge on any atom is 0.268 e. The van der Waals surface area contributed by atoms with Crippen LogP contribution in [0.25, 0.3) is 0 Å². The first kappa shape index (κ1) is 18.4. The third-order valence-electron chi connectivity index (χ3n) is 4.55. The number of halogens is 1. The second-order valence-electron chi connectivity index (χ2n) is 6.66. The van der Waals surface area contributed by atoms with E-state index in [1.807, 2.05) is 19.1 Å². The number of nitrogens with zero attached hydrogens (tertiary/aromatic N) is 2. The summed E-state index contributed by atoms with van der Waals surface area (Å²) < 4.78 is 13.9. The number of hydrogen-bond donors (Lipinski definition) is 0. The van der Waals surface area contributed by atoms with Gasteiger partial charge in [0.1, 0.15) is 10.8 Å². The minimum absolute atomic E-state index is 0.290. The average molecular weight is 392 g/mol.